The lowest BCUT2D eigenvalue weighted by Gasteiger charge is -2.12. The highest BCUT2D eigenvalue weighted by atomic mass is 79.9. The van der Waals surface area contributed by atoms with E-state index in [1.54, 1.807) is 37.3 Å². The third kappa shape index (κ3) is 4.31. The SMILES string of the molecule is COC(=O)CCc1cc2c(C)cc(=O)oc2cc1OC(=O)c1ccccc1Br. The second kappa shape index (κ2) is 8.39. The molecule has 28 heavy (non-hydrogen) atoms. The van der Waals surface area contributed by atoms with Crippen LogP contribution in [-0.4, -0.2) is 19.0 Å². The van der Waals surface area contributed by atoms with Crippen molar-refractivity contribution in [1.82, 2.24) is 0 Å². The zero-order chi connectivity index (χ0) is 20.3. The number of ether oxygens (including phenoxy) is 2. The summed E-state index contributed by atoms with van der Waals surface area (Å²) in [4.78, 5) is 35.9. The number of rotatable bonds is 5. The molecule has 6 nitrogen and oxygen atoms in total. The topological polar surface area (TPSA) is 82.8 Å². The molecule has 0 unspecified atom stereocenters. The van der Waals surface area contributed by atoms with E-state index in [2.05, 4.69) is 15.9 Å². The van der Waals surface area contributed by atoms with Crippen LogP contribution in [0.5, 0.6) is 5.75 Å². The maximum atomic E-state index is 12.6. The van der Waals surface area contributed by atoms with Crippen LogP contribution >= 0.6 is 15.9 Å². The summed E-state index contributed by atoms with van der Waals surface area (Å²) in [5.74, 6) is -0.716. The summed E-state index contributed by atoms with van der Waals surface area (Å²) in [7, 11) is 1.31. The summed E-state index contributed by atoms with van der Waals surface area (Å²) in [6.45, 7) is 1.79. The number of carbonyl (C=O) groups is 2. The number of benzene rings is 2. The van der Waals surface area contributed by atoms with E-state index >= 15 is 0 Å². The molecule has 0 aliphatic carbocycles. The molecule has 3 aromatic rings. The van der Waals surface area contributed by atoms with Crippen molar-refractivity contribution in [1.29, 1.82) is 0 Å². The Morgan fingerprint density at radius 1 is 1.14 bits per heavy atom. The zero-order valence-electron chi connectivity index (χ0n) is 15.3. The molecule has 0 aliphatic rings. The summed E-state index contributed by atoms with van der Waals surface area (Å²) in [5, 5.41) is 0.708. The molecule has 2 aromatic carbocycles. The molecule has 0 aliphatic heterocycles. The number of fused-ring (bicyclic) bond motifs is 1. The van der Waals surface area contributed by atoms with Crippen LogP contribution in [0.25, 0.3) is 11.0 Å². The van der Waals surface area contributed by atoms with Crippen molar-refractivity contribution in [2.75, 3.05) is 7.11 Å². The third-order valence-corrected chi connectivity index (χ3v) is 4.95. The Hall–Kier alpha value is -2.93. The van der Waals surface area contributed by atoms with Gasteiger partial charge in [-0.05, 0) is 58.6 Å². The van der Waals surface area contributed by atoms with E-state index in [0.29, 0.717) is 33.0 Å². The van der Waals surface area contributed by atoms with E-state index in [9.17, 15) is 14.4 Å². The largest absolute Gasteiger partial charge is 0.469 e. The van der Waals surface area contributed by atoms with Crippen LogP contribution in [0.3, 0.4) is 0 Å². The van der Waals surface area contributed by atoms with E-state index in [1.807, 2.05) is 0 Å². The fourth-order valence-electron chi connectivity index (χ4n) is 2.80. The quantitative estimate of drug-likeness (QED) is 0.333. The van der Waals surface area contributed by atoms with Crippen LogP contribution < -0.4 is 10.4 Å². The van der Waals surface area contributed by atoms with Crippen molar-refractivity contribution >= 4 is 38.8 Å². The van der Waals surface area contributed by atoms with E-state index < -0.39 is 11.6 Å². The fraction of sp³-hybridized carbons (Fsp3) is 0.190. The molecule has 0 radical (unpaired) electrons. The first-order valence-corrected chi connectivity index (χ1v) is 9.29. The predicted octanol–water partition coefficient (Wildman–Crippen LogP) is 4.19. The first kappa shape index (κ1) is 19.8. The Bertz CT molecular complexity index is 1120. The van der Waals surface area contributed by atoms with Crippen LogP contribution in [0, 0.1) is 6.92 Å². The lowest BCUT2D eigenvalue weighted by molar-refractivity contribution is -0.140. The van der Waals surface area contributed by atoms with E-state index in [4.69, 9.17) is 13.9 Å². The van der Waals surface area contributed by atoms with Gasteiger partial charge in [0.15, 0.2) is 0 Å². The lowest BCUT2D eigenvalue weighted by atomic mass is 10.0. The van der Waals surface area contributed by atoms with Gasteiger partial charge in [0.1, 0.15) is 11.3 Å². The van der Waals surface area contributed by atoms with Crippen molar-refractivity contribution < 1.29 is 23.5 Å². The maximum absolute atomic E-state index is 12.6. The van der Waals surface area contributed by atoms with Gasteiger partial charge in [-0.1, -0.05) is 12.1 Å². The predicted molar refractivity (Wildman–Crippen MR) is 107 cm³/mol. The minimum Gasteiger partial charge on any atom is -0.469 e. The normalized spacial score (nSPS) is 10.7. The molecule has 0 saturated carbocycles. The lowest BCUT2D eigenvalue weighted by Crippen LogP contribution is -2.12. The third-order valence-electron chi connectivity index (χ3n) is 4.26. The molecule has 0 saturated heterocycles. The summed E-state index contributed by atoms with van der Waals surface area (Å²) in [6, 6.07) is 11.5. The summed E-state index contributed by atoms with van der Waals surface area (Å²) < 4.78 is 16.1. The second-order valence-electron chi connectivity index (χ2n) is 6.15. The van der Waals surface area contributed by atoms with Crippen molar-refractivity contribution in [2.45, 2.75) is 19.8 Å². The maximum Gasteiger partial charge on any atom is 0.344 e. The van der Waals surface area contributed by atoms with Gasteiger partial charge in [0.05, 0.1) is 12.7 Å². The Kier molecular flexibility index (Phi) is 5.94. The monoisotopic (exact) mass is 444 g/mol. The van der Waals surface area contributed by atoms with Gasteiger partial charge in [-0.3, -0.25) is 4.79 Å². The van der Waals surface area contributed by atoms with Crippen LogP contribution in [0.4, 0.5) is 0 Å². The van der Waals surface area contributed by atoms with E-state index in [1.165, 1.54) is 19.2 Å². The first-order valence-electron chi connectivity index (χ1n) is 8.50. The molecule has 0 fully saturated rings. The van der Waals surface area contributed by atoms with Crippen LogP contribution in [0.2, 0.25) is 0 Å². The number of hydrogen-bond acceptors (Lipinski definition) is 6. The second-order valence-corrected chi connectivity index (χ2v) is 7.00. The van der Waals surface area contributed by atoms with E-state index in [0.717, 1.165) is 5.56 Å². The fourth-order valence-corrected chi connectivity index (χ4v) is 3.25. The summed E-state index contributed by atoms with van der Waals surface area (Å²) in [5.41, 5.74) is 1.54. The Morgan fingerprint density at radius 3 is 2.61 bits per heavy atom. The van der Waals surface area contributed by atoms with Gasteiger partial charge >= 0.3 is 17.6 Å². The standard InChI is InChI=1S/C21H17BrO6/c1-12-9-20(24)27-18-11-17(13(10-15(12)18)7-8-19(23)26-2)28-21(25)14-5-3-4-6-16(14)22/h3-6,9-11H,7-8H2,1-2H3. The molecule has 0 spiro atoms. The highest BCUT2D eigenvalue weighted by molar-refractivity contribution is 9.10. The first-order chi connectivity index (χ1) is 13.4. The molecule has 0 N–H and O–H groups in total. The van der Waals surface area contributed by atoms with Gasteiger partial charge in [-0.25, -0.2) is 9.59 Å². The van der Waals surface area contributed by atoms with Crippen molar-refractivity contribution in [2.24, 2.45) is 0 Å². The number of aryl methyl sites for hydroxylation is 2. The summed E-state index contributed by atoms with van der Waals surface area (Å²) in [6.07, 6.45) is 0.428. The molecular formula is C21H17BrO6. The molecular weight excluding hydrogens is 428 g/mol. The van der Waals surface area contributed by atoms with Gasteiger partial charge in [-0.15, -0.1) is 0 Å². The molecule has 1 heterocycles. The Balaban J connectivity index is 2.04. The molecule has 0 atom stereocenters. The van der Waals surface area contributed by atoms with Gasteiger partial charge in [0.2, 0.25) is 0 Å². The molecule has 0 bridgehead atoms. The number of halogens is 1. The van der Waals surface area contributed by atoms with Crippen LogP contribution in [0.1, 0.15) is 27.9 Å². The molecule has 144 valence electrons. The Morgan fingerprint density at radius 2 is 1.89 bits per heavy atom. The Labute approximate surface area is 169 Å². The van der Waals surface area contributed by atoms with Crippen molar-refractivity contribution in [3.8, 4) is 5.75 Å². The molecule has 3 rings (SSSR count). The van der Waals surface area contributed by atoms with Crippen molar-refractivity contribution in [3.63, 3.8) is 0 Å². The average molecular weight is 445 g/mol. The summed E-state index contributed by atoms with van der Waals surface area (Å²) >= 11 is 3.32. The minimum absolute atomic E-state index is 0.122. The van der Waals surface area contributed by atoms with Gasteiger partial charge in [-0.2, -0.15) is 0 Å². The number of methoxy groups -OCH3 is 1. The van der Waals surface area contributed by atoms with Crippen LogP contribution in [0.15, 0.2) is 56.1 Å². The number of hydrogen-bond donors (Lipinski definition) is 0. The van der Waals surface area contributed by atoms with Gasteiger partial charge in [0.25, 0.3) is 0 Å². The molecule has 0 amide bonds. The highest BCUT2D eigenvalue weighted by Gasteiger charge is 2.17. The van der Waals surface area contributed by atoms with Gasteiger partial charge in [0, 0.05) is 28.4 Å². The van der Waals surface area contributed by atoms with Crippen LogP contribution in [-0.2, 0) is 16.0 Å². The smallest absolute Gasteiger partial charge is 0.344 e. The molecule has 1 aromatic heterocycles. The van der Waals surface area contributed by atoms with Gasteiger partial charge < -0.3 is 13.9 Å². The van der Waals surface area contributed by atoms with Crippen molar-refractivity contribution in [3.05, 3.63) is 74.0 Å². The highest BCUT2D eigenvalue weighted by Crippen LogP contribution is 2.30. The molecule has 7 heteroatoms. The number of esters is 2. The minimum atomic E-state index is -0.568. The zero-order valence-corrected chi connectivity index (χ0v) is 16.9. The average Bonchev–Trinajstić information content (AvgIpc) is 2.66. The number of carbonyl (C=O) groups excluding carboxylic acids is 2. The van der Waals surface area contributed by atoms with E-state index in [-0.39, 0.29) is 18.1 Å².